The molecule has 0 unspecified atom stereocenters. The van der Waals surface area contributed by atoms with E-state index < -0.39 is 0 Å². The van der Waals surface area contributed by atoms with Crippen molar-refractivity contribution in [2.75, 3.05) is 0 Å². The number of fused-ring (bicyclic) bond motifs is 1. The molecule has 88 valence electrons. The van der Waals surface area contributed by atoms with Gasteiger partial charge in [-0.25, -0.2) is 0 Å². The predicted molar refractivity (Wildman–Crippen MR) is 71.3 cm³/mol. The molecule has 0 aliphatic heterocycles. The lowest BCUT2D eigenvalue weighted by Gasteiger charge is -2.09. The molecule has 2 N–H and O–H groups in total. The molecule has 0 amide bonds. The molecular weight excluding hydrogens is 232 g/mol. The molecule has 3 rings (SSSR count). The Morgan fingerprint density at radius 2 is 2.00 bits per heavy atom. The number of pyridine rings is 1. The number of aromatic nitrogens is 1. The van der Waals surface area contributed by atoms with E-state index in [0.717, 1.165) is 21.5 Å². The van der Waals surface area contributed by atoms with Crippen LogP contribution in [0.5, 0.6) is 0 Å². The Morgan fingerprint density at radius 1 is 1.29 bits per heavy atom. The van der Waals surface area contributed by atoms with Crippen molar-refractivity contribution >= 4 is 22.5 Å². The van der Waals surface area contributed by atoms with Crippen LogP contribution in [0.3, 0.4) is 0 Å². The summed E-state index contributed by atoms with van der Waals surface area (Å²) in [7, 11) is 0. The van der Waals surface area contributed by atoms with Gasteiger partial charge in [-0.2, -0.15) is 0 Å². The SMILES string of the molecule is CC1(C)[C@@H](N)[C@@H]1c1c(Cl)ccc2cccnc12. The minimum absolute atomic E-state index is 0.120. The highest BCUT2D eigenvalue weighted by Gasteiger charge is 2.57. The predicted octanol–water partition coefficient (Wildman–Crippen LogP) is 3.34. The van der Waals surface area contributed by atoms with Crippen molar-refractivity contribution in [3.8, 4) is 0 Å². The van der Waals surface area contributed by atoms with Gasteiger partial charge in [0.25, 0.3) is 0 Å². The van der Waals surface area contributed by atoms with Gasteiger partial charge >= 0.3 is 0 Å². The van der Waals surface area contributed by atoms with Crippen LogP contribution >= 0.6 is 11.6 Å². The summed E-state index contributed by atoms with van der Waals surface area (Å²) in [6.07, 6.45) is 1.81. The Hall–Kier alpha value is -1.12. The third kappa shape index (κ3) is 1.48. The van der Waals surface area contributed by atoms with Crippen LogP contribution in [0.25, 0.3) is 10.9 Å². The topological polar surface area (TPSA) is 38.9 Å². The second-order valence-electron chi connectivity index (χ2n) is 5.36. The summed E-state index contributed by atoms with van der Waals surface area (Å²) in [5, 5.41) is 1.91. The summed E-state index contributed by atoms with van der Waals surface area (Å²) < 4.78 is 0. The molecule has 2 nitrogen and oxygen atoms in total. The minimum Gasteiger partial charge on any atom is -0.327 e. The fourth-order valence-electron chi connectivity index (χ4n) is 2.67. The highest BCUT2D eigenvalue weighted by atomic mass is 35.5. The molecule has 1 saturated carbocycles. The maximum Gasteiger partial charge on any atom is 0.0752 e. The summed E-state index contributed by atoms with van der Waals surface area (Å²) in [5.41, 5.74) is 8.38. The van der Waals surface area contributed by atoms with Crippen LogP contribution in [-0.4, -0.2) is 11.0 Å². The first kappa shape index (κ1) is 11.0. The molecular formula is C14H15ClN2. The number of nitrogens with zero attached hydrogens (tertiary/aromatic N) is 1. The fourth-order valence-corrected chi connectivity index (χ4v) is 2.94. The zero-order valence-corrected chi connectivity index (χ0v) is 10.7. The highest BCUT2D eigenvalue weighted by Crippen LogP contribution is 2.59. The molecule has 1 aromatic carbocycles. The van der Waals surface area contributed by atoms with Crippen molar-refractivity contribution < 1.29 is 0 Å². The number of rotatable bonds is 1. The second kappa shape index (κ2) is 3.44. The normalized spacial score (nSPS) is 26.1. The summed E-state index contributed by atoms with van der Waals surface area (Å²) in [6.45, 7) is 4.36. The van der Waals surface area contributed by atoms with Crippen molar-refractivity contribution in [2.45, 2.75) is 25.8 Å². The van der Waals surface area contributed by atoms with E-state index in [9.17, 15) is 0 Å². The van der Waals surface area contributed by atoms with E-state index in [1.54, 1.807) is 0 Å². The number of nitrogens with two attached hydrogens (primary N) is 1. The van der Waals surface area contributed by atoms with E-state index >= 15 is 0 Å². The van der Waals surface area contributed by atoms with Gasteiger partial charge < -0.3 is 5.73 Å². The van der Waals surface area contributed by atoms with Crippen LogP contribution in [0, 0.1) is 5.41 Å². The van der Waals surface area contributed by atoms with Crippen molar-refractivity contribution in [1.29, 1.82) is 0 Å². The molecule has 1 heterocycles. The van der Waals surface area contributed by atoms with Crippen LogP contribution in [-0.2, 0) is 0 Å². The highest BCUT2D eigenvalue weighted by molar-refractivity contribution is 6.32. The lowest BCUT2D eigenvalue weighted by molar-refractivity contribution is 0.600. The van der Waals surface area contributed by atoms with Gasteiger partial charge in [-0.3, -0.25) is 4.98 Å². The molecule has 1 aliphatic rings. The monoisotopic (exact) mass is 246 g/mol. The maximum atomic E-state index is 6.34. The van der Waals surface area contributed by atoms with E-state index in [4.69, 9.17) is 17.3 Å². The molecule has 2 aromatic rings. The molecule has 1 fully saturated rings. The van der Waals surface area contributed by atoms with Crippen LogP contribution < -0.4 is 5.73 Å². The van der Waals surface area contributed by atoms with E-state index in [2.05, 4.69) is 24.9 Å². The zero-order valence-electron chi connectivity index (χ0n) is 9.94. The molecule has 17 heavy (non-hydrogen) atoms. The number of hydrogen-bond donors (Lipinski definition) is 1. The van der Waals surface area contributed by atoms with Crippen molar-refractivity contribution in [3.05, 3.63) is 41.0 Å². The Kier molecular flexibility index (Phi) is 2.22. The minimum atomic E-state index is 0.120. The Balaban J connectivity index is 2.26. The van der Waals surface area contributed by atoms with Crippen LogP contribution in [0.2, 0.25) is 5.02 Å². The van der Waals surface area contributed by atoms with Crippen molar-refractivity contribution in [3.63, 3.8) is 0 Å². The largest absolute Gasteiger partial charge is 0.327 e. The number of halogens is 1. The quantitative estimate of drug-likeness (QED) is 0.838. The van der Waals surface area contributed by atoms with Gasteiger partial charge in [-0.05, 0) is 17.5 Å². The Bertz CT molecular complexity index is 592. The van der Waals surface area contributed by atoms with Gasteiger partial charge in [0.05, 0.1) is 5.52 Å². The molecule has 0 saturated heterocycles. The first-order valence-electron chi connectivity index (χ1n) is 5.82. The van der Waals surface area contributed by atoms with Crippen LogP contribution in [0.15, 0.2) is 30.5 Å². The van der Waals surface area contributed by atoms with Crippen LogP contribution in [0.1, 0.15) is 25.3 Å². The third-order valence-corrected chi connectivity index (χ3v) is 4.31. The third-order valence-electron chi connectivity index (χ3n) is 3.98. The average molecular weight is 247 g/mol. The molecule has 0 radical (unpaired) electrons. The van der Waals surface area contributed by atoms with Gasteiger partial charge in [0.15, 0.2) is 0 Å². The number of hydrogen-bond acceptors (Lipinski definition) is 2. The van der Waals surface area contributed by atoms with Crippen molar-refractivity contribution in [2.24, 2.45) is 11.1 Å². The summed E-state index contributed by atoms with van der Waals surface area (Å²) in [4.78, 5) is 4.46. The first-order chi connectivity index (χ1) is 8.03. The number of benzene rings is 1. The first-order valence-corrected chi connectivity index (χ1v) is 6.20. The molecule has 1 aromatic heterocycles. The molecule has 3 heteroatoms. The smallest absolute Gasteiger partial charge is 0.0752 e. The molecule has 1 aliphatic carbocycles. The molecule has 0 bridgehead atoms. The van der Waals surface area contributed by atoms with E-state index in [1.165, 1.54) is 0 Å². The Labute approximate surface area is 106 Å². The van der Waals surface area contributed by atoms with Gasteiger partial charge in [-0.1, -0.05) is 37.6 Å². The molecule has 2 atom stereocenters. The van der Waals surface area contributed by atoms with Crippen LogP contribution in [0.4, 0.5) is 0 Å². The zero-order chi connectivity index (χ0) is 12.2. The Morgan fingerprint density at radius 3 is 2.65 bits per heavy atom. The maximum absolute atomic E-state index is 6.34. The van der Waals surface area contributed by atoms with Gasteiger partial charge in [-0.15, -0.1) is 0 Å². The van der Waals surface area contributed by atoms with E-state index in [0.29, 0.717) is 5.92 Å². The lowest BCUT2D eigenvalue weighted by atomic mass is 10.00. The lowest BCUT2D eigenvalue weighted by Crippen LogP contribution is -2.06. The summed E-state index contributed by atoms with van der Waals surface area (Å²) in [5.74, 6) is 0.314. The van der Waals surface area contributed by atoms with E-state index in [-0.39, 0.29) is 11.5 Å². The van der Waals surface area contributed by atoms with E-state index in [1.807, 2.05) is 24.4 Å². The van der Waals surface area contributed by atoms with Crippen molar-refractivity contribution in [1.82, 2.24) is 4.98 Å². The van der Waals surface area contributed by atoms with Gasteiger partial charge in [0.1, 0.15) is 0 Å². The average Bonchev–Trinajstić information content (AvgIpc) is 2.79. The second-order valence-corrected chi connectivity index (χ2v) is 5.77. The molecule has 0 spiro atoms. The van der Waals surface area contributed by atoms with Gasteiger partial charge in [0, 0.05) is 34.1 Å². The summed E-state index contributed by atoms with van der Waals surface area (Å²) >= 11 is 6.34. The standard InChI is InChI=1S/C14H15ClN2/c1-14(2)11(13(14)16)10-9(15)6-5-8-4-3-7-17-12(8)10/h3-7,11,13H,16H2,1-2H3/t11-,13-/m0/s1. The fraction of sp³-hybridized carbons (Fsp3) is 0.357. The van der Waals surface area contributed by atoms with Gasteiger partial charge in [0.2, 0.25) is 0 Å². The summed E-state index contributed by atoms with van der Waals surface area (Å²) in [6, 6.07) is 8.13.